The Morgan fingerprint density at radius 1 is 1.05 bits per heavy atom. The van der Waals surface area contributed by atoms with Crippen molar-refractivity contribution in [2.45, 2.75) is 62.0 Å². The van der Waals surface area contributed by atoms with E-state index in [0.717, 1.165) is 24.2 Å². The van der Waals surface area contributed by atoms with Gasteiger partial charge >= 0.3 is 17.9 Å². The van der Waals surface area contributed by atoms with E-state index in [9.17, 15) is 24.7 Å². The monoisotopic (exact) mass is 560 g/mol. The number of ether oxygens (including phenoxy) is 5. The van der Waals surface area contributed by atoms with Crippen molar-refractivity contribution in [1.82, 2.24) is 4.57 Å². The standard InChI is InChI=1S/C25H28N4O9S/c1-14(30)35-13-20-23(36-15(2)31)22(27-28-26)24(37-16(3)32)25(38-20)39-19-9-10-29(21(33)11-19)12-17-5-7-18(34-4)8-6-17/h5-11,20,22-25H,12-13H2,1-4H3/t20?,22?,23-,24-,25+/m0/s1. The maximum Gasteiger partial charge on any atom is 0.303 e. The number of carbonyl (C=O) groups is 3. The van der Waals surface area contributed by atoms with Crippen LogP contribution in [0.3, 0.4) is 0 Å². The Bertz CT molecular complexity index is 1290. The van der Waals surface area contributed by atoms with Crippen molar-refractivity contribution in [2.24, 2.45) is 5.11 Å². The van der Waals surface area contributed by atoms with E-state index in [-0.39, 0.29) is 12.2 Å². The molecule has 1 aliphatic rings. The van der Waals surface area contributed by atoms with E-state index in [1.54, 1.807) is 31.5 Å². The second-order valence-electron chi connectivity index (χ2n) is 8.48. The van der Waals surface area contributed by atoms with Gasteiger partial charge in [0.1, 0.15) is 42.1 Å². The van der Waals surface area contributed by atoms with Crippen LogP contribution < -0.4 is 10.3 Å². The Balaban J connectivity index is 1.89. The number of thioether (sulfide) groups is 1. The zero-order valence-corrected chi connectivity index (χ0v) is 22.5. The molecule has 1 aromatic carbocycles. The molecule has 0 amide bonds. The summed E-state index contributed by atoms with van der Waals surface area (Å²) in [4.78, 5) is 51.4. The number of hydrogen-bond donors (Lipinski definition) is 0. The van der Waals surface area contributed by atoms with E-state index < -0.39 is 47.7 Å². The lowest BCUT2D eigenvalue weighted by atomic mass is 9.97. The smallest absolute Gasteiger partial charge is 0.303 e. The van der Waals surface area contributed by atoms with Crippen LogP contribution in [0.15, 0.2) is 57.4 Å². The molecule has 2 aromatic rings. The maximum atomic E-state index is 12.9. The van der Waals surface area contributed by atoms with Crippen molar-refractivity contribution in [3.8, 4) is 5.75 Å². The predicted molar refractivity (Wildman–Crippen MR) is 138 cm³/mol. The molecule has 1 aromatic heterocycles. The Labute approximate surface area is 227 Å². The quantitative estimate of drug-likeness (QED) is 0.138. The second-order valence-corrected chi connectivity index (χ2v) is 9.66. The first kappa shape index (κ1) is 29.6. The molecular formula is C25H28N4O9S. The number of rotatable bonds is 10. The van der Waals surface area contributed by atoms with Gasteiger partial charge in [0, 0.05) is 42.8 Å². The lowest BCUT2D eigenvalue weighted by molar-refractivity contribution is -0.201. The molecule has 3 rings (SSSR count). The summed E-state index contributed by atoms with van der Waals surface area (Å²) in [6, 6.07) is 9.18. The van der Waals surface area contributed by atoms with Gasteiger partial charge in [-0.05, 0) is 29.3 Å². The molecule has 39 heavy (non-hydrogen) atoms. The average molecular weight is 561 g/mol. The van der Waals surface area contributed by atoms with Gasteiger partial charge in [-0.1, -0.05) is 29.0 Å². The lowest BCUT2D eigenvalue weighted by Crippen LogP contribution is -2.59. The first-order valence-corrected chi connectivity index (χ1v) is 12.7. The largest absolute Gasteiger partial charge is 0.497 e. The third-order valence-corrected chi connectivity index (χ3v) is 6.73. The fraction of sp³-hybridized carbons (Fsp3) is 0.440. The van der Waals surface area contributed by atoms with Gasteiger partial charge in [-0.3, -0.25) is 19.2 Å². The number of aromatic nitrogens is 1. The Kier molecular flexibility index (Phi) is 10.4. The summed E-state index contributed by atoms with van der Waals surface area (Å²) in [5.74, 6) is -1.30. The summed E-state index contributed by atoms with van der Waals surface area (Å²) in [5, 5.41) is 3.73. The Hall–Kier alpha value is -4.00. The predicted octanol–water partition coefficient (Wildman–Crippen LogP) is 2.83. The minimum absolute atomic E-state index is 0.295. The van der Waals surface area contributed by atoms with Gasteiger partial charge in [0.25, 0.3) is 5.56 Å². The third kappa shape index (κ3) is 8.24. The van der Waals surface area contributed by atoms with Crippen LogP contribution in [0.2, 0.25) is 0 Å². The SMILES string of the molecule is COc1ccc(Cn2ccc(S[C@H]3OC(COC(C)=O)[C@H](OC(C)=O)C(N=[N+]=[N-])[C@@H]3OC(C)=O)cc2=O)cc1. The van der Waals surface area contributed by atoms with Crippen molar-refractivity contribution in [1.29, 1.82) is 0 Å². The molecular weight excluding hydrogens is 532 g/mol. The highest BCUT2D eigenvalue weighted by Gasteiger charge is 2.50. The number of carbonyl (C=O) groups excluding carboxylic acids is 3. The number of nitrogens with zero attached hydrogens (tertiary/aromatic N) is 4. The molecule has 2 heterocycles. The van der Waals surface area contributed by atoms with E-state index in [4.69, 9.17) is 23.7 Å². The van der Waals surface area contributed by atoms with Gasteiger partial charge < -0.3 is 28.3 Å². The molecule has 1 aliphatic heterocycles. The van der Waals surface area contributed by atoms with Crippen LogP contribution in [-0.4, -0.2) is 66.0 Å². The zero-order chi connectivity index (χ0) is 28.5. The van der Waals surface area contributed by atoms with Crippen molar-refractivity contribution in [3.63, 3.8) is 0 Å². The Morgan fingerprint density at radius 2 is 1.72 bits per heavy atom. The van der Waals surface area contributed by atoms with Gasteiger partial charge in [0.05, 0.1) is 13.7 Å². The molecule has 0 N–H and O–H groups in total. The fourth-order valence-corrected chi connectivity index (χ4v) is 5.05. The van der Waals surface area contributed by atoms with Gasteiger partial charge in [-0.2, -0.15) is 0 Å². The average Bonchev–Trinajstić information content (AvgIpc) is 2.88. The zero-order valence-electron chi connectivity index (χ0n) is 21.7. The molecule has 1 saturated heterocycles. The van der Waals surface area contributed by atoms with E-state index in [1.807, 2.05) is 12.1 Å². The number of azide groups is 1. The molecule has 1 fully saturated rings. The number of methoxy groups -OCH3 is 1. The second kappa shape index (κ2) is 13.7. The van der Waals surface area contributed by atoms with Crippen LogP contribution in [0.4, 0.5) is 0 Å². The number of benzene rings is 1. The van der Waals surface area contributed by atoms with E-state index >= 15 is 0 Å². The molecule has 0 aliphatic carbocycles. The van der Waals surface area contributed by atoms with Crippen molar-refractivity contribution in [2.75, 3.05) is 13.7 Å². The molecule has 14 heteroatoms. The van der Waals surface area contributed by atoms with Crippen LogP contribution in [0.5, 0.6) is 5.75 Å². The first-order valence-electron chi connectivity index (χ1n) is 11.8. The normalized spacial score (nSPS) is 22.2. The summed E-state index contributed by atoms with van der Waals surface area (Å²) in [6.45, 7) is 3.53. The Morgan fingerprint density at radius 3 is 2.28 bits per heavy atom. The highest BCUT2D eigenvalue weighted by Crippen LogP contribution is 2.37. The van der Waals surface area contributed by atoms with Crippen LogP contribution in [0.1, 0.15) is 26.3 Å². The van der Waals surface area contributed by atoms with Crippen molar-refractivity contribution in [3.05, 3.63) is 69.0 Å². The highest BCUT2D eigenvalue weighted by atomic mass is 32.2. The fourth-order valence-electron chi connectivity index (χ4n) is 3.92. The summed E-state index contributed by atoms with van der Waals surface area (Å²) in [5.41, 5.74) is 8.81. The number of hydrogen-bond acceptors (Lipinski definition) is 11. The maximum absolute atomic E-state index is 12.9. The summed E-state index contributed by atoms with van der Waals surface area (Å²) < 4.78 is 28.6. The van der Waals surface area contributed by atoms with Crippen molar-refractivity contribution >= 4 is 29.7 Å². The van der Waals surface area contributed by atoms with Crippen LogP contribution in [0.25, 0.3) is 10.4 Å². The summed E-state index contributed by atoms with van der Waals surface area (Å²) in [7, 11) is 1.57. The van der Waals surface area contributed by atoms with Gasteiger partial charge in [-0.15, -0.1) is 0 Å². The molecule has 208 valence electrons. The molecule has 0 spiro atoms. The minimum atomic E-state index is -1.21. The van der Waals surface area contributed by atoms with E-state index in [0.29, 0.717) is 17.2 Å². The molecule has 2 unspecified atom stereocenters. The third-order valence-electron chi connectivity index (χ3n) is 5.59. The van der Waals surface area contributed by atoms with Gasteiger partial charge in [0.2, 0.25) is 0 Å². The van der Waals surface area contributed by atoms with Crippen molar-refractivity contribution < 1.29 is 38.1 Å². The highest BCUT2D eigenvalue weighted by molar-refractivity contribution is 7.99. The topological polar surface area (TPSA) is 168 Å². The summed E-state index contributed by atoms with van der Waals surface area (Å²) >= 11 is 1.04. The molecule has 0 radical (unpaired) electrons. The first-order chi connectivity index (χ1) is 18.6. The van der Waals surface area contributed by atoms with E-state index in [1.165, 1.54) is 24.5 Å². The number of esters is 3. The molecule has 0 saturated carbocycles. The van der Waals surface area contributed by atoms with Gasteiger partial charge in [0.15, 0.2) is 0 Å². The summed E-state index contributed by atoms with van der Waals surface area (Å²) in [6.07, 6.45) is -1.84. The molecule has 13 nitrogen and oxygen atoms in total. The minimum Gasteiger partial charge on any atom is -0.497 e. The lowest BCUT2D eigenvalue weighted by Gasteiger charge is -2.43. The molecule has 0 bridgehead atoms. The van der Waals surface area contributed by atoms with Gasteiger partial charge in [-0.25, -0.2) is 0 Å². The van der Waals surface area contributed by atoms with E-state index in [2.05, 4.69) is 10.0 Å². The number of pyridine rings is 1. The van der Waals surface area contributed by atoms with Crippen LogP contribution in [0, 0.1) is 0 Å². The molecule has 5 atom stereocenters. The van der Waals surface area contributed by atoms with Crippen LogP contribution in [-0.2, 0) is 39.9 Å². The van der Waals surface area contributed by atoms with Crippen LogP contribution >= 0.6 is 11.8 Å².